The smallest absolute Gasteiger partial charge is 0.234 e. The number of nitrogens with zero attached hydrogens (tertiary/aromatic N) is 2. The van der Waals surface area contributed by atoms with Crippen molar-refractivity contribution >= 4 is 5.91 Å². The summed E-state index contributed by atoms with van der Waals surface area (Å²) in [6.45, 7) is 7.83. The van der Waals surface area contributed by atoms with Gasteiger partial charge in [0.05, 0.1) is 6.04 Å². The topological polar surface area (TPSA) is 49.6 Å². The Morgan fingerprint density at radius 1 is 1.11 bits per heavy atom. The Morgan fingerprint density at radius 2 is 1.68 bits per heavy atom. The number of carbonyl (C=O) groups is 1. The van der Waals surface area contributed by atoms with Gasteiger partial charge in [0.25, 0.3) is 0 Å². The van der Waals surface area contributed by atoms with Gasteiger partial charge in [-0.05, 0) is 64.7 Å². The van der Waals surface area contributed by atoms with Gasteiger partial charge in [-0.15, -0.1) is 0 Å². The van der Waals surface area contributed by atoms with E-state index in [2.05, 4.69) is 9.80 Å². The van der Waals surface area contributed by atoms with Gasteiger partial charge in [0.15, 0.2) is 0 Å². The standard InChI is InChI=1S/C15H29N3O/c1-13(15(16)19)18-10-6-14(7-11-18)12-17-8-4-2-3-5-9-17/h13-14H,2-12H2,1H3,(H2,16,19)/t13-/m1/s1. The van der Waals surface area contributed by atoms with E-state index in [0.717, 1.165) is 19.0 Å². The van der Waals surface area contributed by atoms with Crippen LogP contribution < -0.4 is 5.73 Å². The normalized spacial score (nSPS) is 25.9. The minimum absolute atomic E-state index is 0.0980. The van der Waals surface area contributed by atoms with Crippen molar-refractivity contribution in [3.8, 4) is 0 Å². The van der Waals surface area contributed by atoms with Gasteiger partial charge in [0, 0.05) is 6.54 Å². The van der Waals surface area contributed by atoms with E-state index >= 15 is 0 Å². The Bertz CT molecular complexity index is 279. The maximum Gasteiger partial charge on any atom is 0.234 e. The van der Waals surface area contributed by atoms with E-state index in [1.54, 1.807) is 0 Å². The Hall–Kier alpha value is -0.610. The molecule has 110 valence electrons. The number of carbonyl (C=O) groups excluding carboxylic acids is 1. The average Bonchev–Trinajstić information content (AvgIpc) is 2.67. The SMILES string of the molecule is C[C@H](C(N)=O)N1CCC(CN2CCCCCC2)CC1. The molecule has 0 aliphatic carbocycles. The molecule has 0 saturated carbocycles. The van der Waals surface area contributed by atoms with E-state index in [1.807, 2.05) is 6.92 Å². The molecule has 0 bridgehead atoms. The number of amides is 1. The lowest BCUT2D eigenvalue weighted by Crippen LogP contribution is -2.47. The van der Waals surface area contributed by atoms with Crippen LogP contribution in [0.25, 0.3) is 0 Å². The van der Waals surface area contributed by atoms with Crippen LogP contribution in [0.1, 0.15) is 45.4 Å². The Labute approximate surface area is 117 Å². The predicted molar refractivity (Wildman–Crippen MR) is 77.9 cm³/mol. The second-order valence-corrected chi connectivity index (χ2v) is 6.27. The molecule has 19 heavy (non-hydrogen) atoms. The first-order chi connectivity index (χ1) is 9.16. The maximum absolute atomic E-state index is 11.2. The fraction of sp³-hybridized carbons (Fsp3) is 0.933. The zero-order valence-corrected chi connectivity index (χ0v) is 12.3. The number of rotatable bonds is 4. The molecule has 2 aliphatic heterocycles. The van der Waals surface area contributed by atoms with Crippen LogP contribution >= 0.6 is 0 Å². The van der Waals surface area contributed by atoms with Crippen molar-refractivity contribution in [3.05, 3.63) is 0 Å². The highest BCUT2D eigenvalue weighted by molar-refractivity contribution is 5.79. The van der Waals surface area contributed by atoms with Crippen LogP contribution in [0.15, 0.2) is 0 Å². The molecule has 0 radical (unpaired) electrons. The molecule has 0 aromatic carbocycles. The van der Waals surface area contributed by atoms with E-state index in [0.29, 0.717) is 0 Å². The highest BCUT2D eigenvalue weighted by atomic mass is 16.1. The van der Waals surface area contributed by atoms with Crippen molar-refractivity contribution in [2.45, 2.75) is 51.5 Å². The van der Waals surface area contributed by atoms with Crippen molar-refractivity contribution < 1.29 is 4.79 Å². The Kier molecular flexibility index (Phi) is 5.64. The van der Waals surface area contributed by atoms with Crippen LogP contribution in [0.3, 0.4) is 0 Å². The number of primary amides is 1. The maximum atomic E-state index is 11.2. The van der Waals surface area contributed by atoms with Crippen molar-refractivity contribution in [1.29, 1.82) is 0 Å². The lowest BCUT2D eigenvalue weighted by molar-refractivity contribution is -0.123. The molecule has 2 heterocycles. The summed E-state index contributed by atoms with van der Waals surface area (Å²) >= 11 is 0. The quantitative estimate of drug-likeness (QED) is 0.838. The van der Waals surface area contributed by atoms with Gasteiger partial charge >= 0.3 is 0 Å². The summed E-state index contributed by atoms with van der Waals surface area (Å²) in [6.07, 6.45) is 7.99. The van der Waals surface area contributed by atoms with E-state index in [4.69, 9.17) is 5.73 Å². The molecule has 0 aromatic rings. The van der Waals surface area contributed by atoms with Crippen LogP contribution in [0.5, 0.6) is 0 Å². The van der Waals surface area contributed by atoms with Gasteiger partial charge in [-0.2, -0.15) is 0 Å². The summed E-state index contributed by atoms with van der Waals surface area (Å²) in [5.41, 5.74) is 5.38. The molecule has 0 unspecified atom stereocenters. The molecule has 2 saturated heterocycles. The first kappa shape index (κ1) is 14.8. The molecular weight excluding hydrogens is 238 g/mol. The van der Waals surface area contributed by atoms with Crippen LogP contribution in [-0.4, -0.2) is 54.5 Å². The lowest BCUT2D eigenvalue weighted by Gasteiger charge is -2.36. The number of nitrogens with two attached hydrogens (primary N) is 1. The summed E-state index contributed by atoms with van der Waals surface area (Å²) in [6, 6.07) is -0.0980. The van der Waals surface area contributed by atoms with E-state index in [-0.39, 0.29) is 11.9 Å². The lowest BCUT2D eigenvalue weighted by atomic mass is 9.95. The van der Waals surface area contributed by atoms with Crippen LogP contribution in [0, 0.1) is 5.92 Å². The number of hydrogen-bond acceptors (Lipinski definition) is 3. The molecule has 2 aliphatic rings. The van der Waals surface area contributed by atoms with Crippen molar-refractivity contribution in [1.82, 2.24) is 9.80 Å². The number of likely N-dealkylation sites (tertiary alicyclic amines) is 2. The fourth-order valence-corrected chi connectivity index (χ4v) is 3.39. The third-order valence-corrected chi connectivity index (χ3v) is 4.82. The molecule has 1 atom stereocenters. The summed E-state index contributed by atoms with van der Waals surface area (Å²) in [5, 5.41) is 0. The second-order valence-electron chi connectivity index (χ2n) is 6.27. The molecule has 2 rings (SSSR count). The number of piperidine rings is 1. The minimum atomic E-state index is -0.189. The average molecular weight is 267 g/mol. The molecule has 2 fully saturated rings. The summed E-state index contributed by atoms with van der Waals surface area (Å²) in [7, 11) is 0. The van der Waals surface area contributed by atoms with Gasteiger partial charge in [-0.3, -0.25) is 9.69 Å². The van der Waals surface area contributed by atoms with Crippen LogP contribution in [-0.2, 0) is 4.79 Å². The summed E-state index contributed by atoms with van der Waals surface area (Å²) in [5.74, 6) is 0.625. The zero-order valence-electron chi connectivity index (χ0n) is 12.3. The van der Waals surface area contributed by atoms with Gasteiger partial charge in [-0.25, -0.2) is 0 Å². The summed E-state index contributed by atoms with van der Waals surface area (Å²) < 4.78 is 0. The van der Waals surface area contributed by atoms with E-state index in [1.165, 1.54) is 58.2 Å². The van der Waals surface area contributed by atoms with Crippen molar-refractivity contribution in [3.63, 3.8) is 0 Å². The largest absolute Gasteiger partial charge is 0.368 e. The van der Waals surface area contributed by atoms with Gasteiger partial charge < -0.3 is 10.6 Å². The fourth-order valence-electron chi connectivity index (χ4n) is 3.39. The summed E-state index contributed by atoms with van der Waals surface area (Å²) in [4.78, 5) is 16.1. The molecule has 0 aromatic heterocycles. The van der Waals surface area contributed by atoms with E-state index in [9.17, 15) is 4.79 Å². The molecule has 1 amide bonds. The molecular formula is C15H29N3O. The van der Waals surface area contributed by atoms with E-state index < -0.39 is 0 Å². The predicted octanol–water partition coefficient (Wildman–Crippen LogP) is 1.45. The monoisotopic (exact) mass is 267 g/mol. The third kappa shape index (κ3) is 4.46. The molecule has 4 heteroatoms. The van der Waals surface area contributed by atoms with Crippen LogP contribution in [0.2, 0.25) is 0 Å². The Balaban J connectivity index is 1.72. The van der Waals surface area contributed by atoms with Gasteiger partial charge in [-0.1, -0.05) is 12.8 Å². The molecule has 4 nitrogen and oxygen atoms in total. The van der Waals surface area contributed by atoms with Crippen molar-refractivity contribution in [2.75, 3.05) is 32.7 Å². The highest BCUT2D eigenvalue weighted by Gasteiger charge is 2.26. The van der Waals surface area contributed by atoms with Gasteiger partial charge in [0.1, 0.15) is 0 Å². The van der Waals surface area contributed by atoms with Crippen molar-refractivity contribution in [2.24, 2.45) is 11.7 Å². The molecule has 0 spiro atoms. The minimum Gasteiger partial charge on any atom is -0.368 e. The van der Waals surface area contributed by atoms with Crippen LogP contribution in [0.4, 0.5) is 0 Å². The first-order valence-corrected chi connectivity index (χ1v) is 7.92. The number of hydrogen-bond donors (Lipinski definition) is 1. The molecule has 2 N–H and O–H groups in total. The van der Waals surface area contributed by atoms with Gasteiger partial charge in [0.2, 0.25) is 5.91 Å². The first-order valence-electron chi connectivity index (χ1n) is 7.92. The zero-order chi connectivity index (χ0) is 13.7. The second kappa shape index (κ2) is 7.25. The Morgan fingerprint density at radius 3 is 2.21 bits per heavy atom. The third-order valence-electron chi connectivity index (χ3n) is 4.82. The highest BCUT2D eigenvalue weighted by Crippen LogP contribution is 2.21.